The molecule has 1 aromatic carbocycles. The Morgan fingerprint density at radius 1 is 1.00 bits per heavy atom. The summed E-state index contributed by atoms with van der Waals surface area (Å²) in [7, 11) is 1.67. The van der Waals surface area contributed by atoms with Gasteiger partial charge in [-0.1, -0.05) is 0 Å². The van der Waals surface area contributed by atoms with Crippen molar-refractivity contribution in [2.45, 2.75) is 38.8 Å². The highest BCUT2D eigenvalue weighted by Crippen LogP contribution is 2.21. The smallest absolute Gasteiger partial charge is 0.119 e. The summed E-state index contributed by atoms with van der Waals surface area (Å²) >= 11 is 0. The molecule has 21 heavy (non-hydrogen) atoms. The minimum atomic E-state index is 0.141. The van der Waals surface area contributed by atoms with Gasteiger partial charge < -0.3 is 14.8 Å². The van der Waals surface area contributed by atoms with Gasteiger partial charge in [-0.25, -0.2) is 0 Å². The van der Waals surface area contributed by atoms with Crippen LogP contribution in [0.5, 0.6) is 11.5 Å². The summed E-state index contributed by atoms with van der Waals surface area (Å²) in [5.41, 5.74) is 0.281. The lowest BCUT2D eigenvalue weighted by atomic mass is 9.91. The van der Waals surface area contributed by atoms with Crippen LogP contribution in [-0.2, 0) is 0 Å². The van der Waals surface area contributed by atoms with Gasteiger partial charge in [0, 0.05) is 30.7 Å². The predicted octanol–water partition coefficient (Wildman–Crippen LogP) is 2.54. The molecule has 0 amide bonds. The minimum absolute atomic E-state index is 0.141. The number of hydrogen-bond acceptors (Lipinski definition) is 4. The van der Waals surface area contributed by atoms with Crippen LogP contribution >= 0.6 is 0 Å². The van der Waals surface area contributed by atoms with Gasteiger partial charge in [0.1, 0.15) is 18.1 Å². The fourth-order valence-electron chi connectivity index (χ4n) is 3.29. The van der Waals surface area contributed by atoms with Crippen LogP contribution in [0.4, 0.5) is 0 Å². The van der Waals surface area contributed by atoms with Gasteiger partial charge >= 0.3 is 0 Å². The Labute approximate surface area is 128 Å². The molecular weight excluding hydrogens is 264 g/mol. The lowest BCUT2D eigenvalue weighted by molar-refractivity contribution is 0.0676. The Bertz CT molecular complexity index is 438. The number of methoxy groups -OCH3 is 1. The van der Waals surface area contributed by atoms with E-state index in [4.69, 9.17) is 9.47 Å². The maximum Gasteiger partial charge on any atom is 0.119 e. The van der Waals surface area contributed by atoms with Crippen LogP contribution in [0.15, 0.2) is 24.3 Å². The van der Waals surface area contributed by atoms with E-state index < -0.39 is 0 Å². The average molecular weight is 292 g/mol. The van der Waals surface area contributed by atoms with Gasteiger partial charge in [-0.05, 0) is 52.0 Å². The lowest BCUT2D eigenvalue weighted by Crippen LogP contribution is -2.67. The van der Waals surface area contributed by atoms with Gasteiger partial charge in [0.2, 0.25) is 0 Å². The number of benzene rings is 1. The van der Waals surface area contributed by atoms with Crippen molar-refractivity contribution in [1.29, 1.82) is 0 Å². The summed E-state index contributed by atoms with van der Waals surface area (Å²) in [5.74, 6) is 1.75. The first kappa shape index (κ1) is 16.1. The number of piperazine rings is 1. The topological polar surface area (TPSA) is 33.7 Å². The Balaban J connectivity index is 1.82. The van der Waals surface area contributed by atoms with Crippen molar-refractivity contribution < 1.29 is 9.47 Å². The third kappa shape index (κ3) is 4.90. The van der Waals surface area contributed by atoms with Gasteiger partial charge in [0.25, 0.3) is 0 Å². The molecule has 118 valence electrons. The maximum atomic E-state index is 5.83. The number of nitrogens with zero attached hydrogens (tertiary/aromatic N) is 1. The third-order valence-electron chi connectivity index (χ3n) is 3.65. The molecular formula is C17H28N2O2. The second kappa shape index (κ2) is 6.24. The molecule has 0 bridgehead atoms. The van der Waals surface area contributed by atoms with Gasteiger partial charge in [-0.3, -0.25) is 4.90 Å². The average Bonchev–Trinajstić information content (AvgIpc) is 2.36. The first-order valence-corrected chi connectivity index (χ1v) is 7.58. The van der Waals surface area contributed by atoms with Crippen molar-refractivity contribution in [3.05, 3.63) is 24.3 Å². The quantitative estimate of drug-likeness (QED) is 0.904. The van der Waals surface area contributed by atoms with E-state index in [9.17, 15) is 0 Å². The summed E-state index contributed by atoms with van der Waals surface area (Å²) in [5, 5.41) is 3.69. The Morgan fingerprint density at radius 2 is 1.52 bits per heavy atom. The van der Waals surface area contributed by atoms with Crippen molar-refractivity contribution in [3.63, 3.8) is 0 Å². The Kier molecular flexibility index (Phi) is 4.79. The molecule has 1 N–H and O–H groups in total. The van der Waals surface area contributed by atoms with Crippen LogP contribution in [0.1, 0.15) is 27.7 Å². The van der Waals surface area contributed by atoms with E-state index in [0.29, 0.717) is 6.61 Å². The number of rotatable bonds is 5. The zero-order valence-electron chi connectivity index (χ0n) is 13.9. The summed E-state index contributed by atoms with van der Waals surface area (Å²) in [6.07, 6.45) is 0. The minimum Gasteiger partial charge on any atom is -0.497 e. The first-order chi connectivity index (χ1) is 9.80. The second-order valence-corrected chi connectivity index (χ2v) is 7.13. The van der Waals surface area contributed by atoms with Crippen molar-refractivity contribution >= 4 is 0 Å². The predicted molar refractivity (Wildman–Crippen MR) is 86.2 cm³/mol. The molecule has 4 heteroatoms. The molecule has 1 aliphatic rings. The highest BCUT2D eigenvalue weighted by atomic mass is 16.5. The number of ether oxygens (including phenoxy) is 2. The normalized spacial score (nSPS) is 21.0. The van der Waals surface area contributed by atoms with Crippen molar-refractivity contribution in [2.75, 3.05) is 33.4 Å². The zero-order valence-corrected chi connectivity index (χ0v) is 13.9. The molecule has 0 unspecified atom stereocenters. The number of hydrogen-bond donors (Lipinski definition) is 1. The molecule has 1 aromatic rings. The Morgan fingerprint density at radius 3 is 2.05 bits per heavy atom. The lowest BCUT2D eigenvalue weighted by Gasteiger charge is -2.48. The Hall–Kier alpha value is -1.26. The molecule has 2 rings (SSSR count). The standard InChI is InChI=1S/C17H28N2O2/c1-16(2)12-19(13-17(3,4)18-16)10-11-21-15-8-6-14(20-5)7-9-15/h6-9,18H,10-13H2,1-5H3. The fraction of sp³-hybridized carbons (Fsp3) is 0.647. The zero-order chi connectivity index (χ0) is 15.5. The monoisotopic (exact) mass is 292 g/mol. The largest absolute Gasteiger partial charge is 0.497 e. The summed E-state index contributed by atoms with van der Waals surface area (Å²) < 4.78 is 11.0. The van der Waals surface area contributed by atoms with Crippen LogP contribution in [0.2, 0.25) is 0 Å². The molecule has 0 radical (unpaired) electrons. The van der Waals surface area contributed by atoms with Gasteiger partial charge in [0.05, 0.1) is 7.11 Å². The van der Waals surface area contributed by atoms with Crippen LogP contribution in [-0.4, -0.2) is 49.3 Å². The van der Waals surface area contributed by atoms with E-state index >= 15 is 0 Å². The van der Waals surface area contributed by atoms with Gasteiger partial charge in [-0.15, -0.1) is 0 Å². The summed E-state index contributed by atoms with van der Waals surface area (Å²) in [6, 6.07) is 7.74. The molecule has 0 spiro atoms. The SMILES string of the molecule is COc1ccc(OCCN2CC(C)(C)NC(C)(C)C2)cc1. The van der Waals surface area contributed by atoms with Crippen LogP contribution in [0.3, 0.4) is 0 Å². The molecule has 0 atom stereocenters. The van der Waals surface area contributed by atoms with Crippen molar-refractivity contribution in [3.8, 4) is 11.5 Å². The molecule has 0 aromatic heterocycles. The molecule has 1 heterocycles. The molecule has 1 aliphatic heterocycles. The van der Waals surface area contributed by atoms with Gasteiger partial charge in [-0.2, -0.15) is 0 Å². The molecule has 4 nitrogen and oxygen atoms in total. The fourth-order valence-corrected chi connectivity index (χ4v) is 3.29. The molecule has 1 fully saturated rings. The van der Waals surface area contributed by atoms with E-state index in [0.717, 1.165) is 31.1 Å². The summed E-state index contributed by atoms with van der Waals surface area (Å²) in [6.45, 7) is 12.8. The summed E-state index contributed by atoms with van der Waals surface area (Å²) in [4.78, 5) is 2.47. The third-order valence-corrected chi connectivity index (χ3v) is 3.65. The van der Waals surface area contributed by atoms with E-state index in [-0.39, 0.29) is 11.1 Å². The highest BCUT2D eigenvalue weighted by molar-refractivity contribution is 5.31. The van der Waals surface area contributed by atoms with E-state index in [1.54, 1.807) is 7.11 Å². The molecule has 1 saturated heterocycles. The van der Waals surface area contributed by atoms with Crippen LogP contribution in [0.25, 0.3) is 0 Å². The number of nitrogens with one attached hydrogen (secondary N) is 1. The molecule has 0 saturated carbocycles. The first-order valence-electron chi connectivity index (χ1n) is 7.58. The van der Waals surface area contributed by atoms with Gasteiger partial charge in [0.15, 0.2) is 0 Å². The van der Waals surface area contributed by atoms with Crippen molar-refractivity contribution in [1.82, 2.24) is 10.2 Å². The van der Waals surface area contributed by atoms with Crippen molar-refractivity contribution in [2.24, 2.45) is 0 Å². The van der Waals surface area contributed by atoms with Crippen LogP contribution < -0.4 is 14.8 Å². The van der Waals surface area contributed by atoms with Crippen LogP contribution in [0, 0.1) is 0 Å². The second-order valence-electron chi connectivity index (χ2n) is 7.13. The maximum absolute atomic E-state index is 5.83. The molecule has 0 aliphatic carbocycles. The van der Waals surface area contributed by atoms with E-state index in [1.165, 1.54) is 0 Å². The highest BCUT2D eigenvalue weighted by Gasteiger charge is 2.36. The van der Waals surface area contributed by atoms with E-state index in [1.807, 2.05) is 24.3 Å². The van der Waals surface area contributed by atoms with E-state index in [2.05, 4.69) is 37.9 Å².